The molecule has 0 atom stereocenters. The molecule has 162 valence electrons. The van der Waals surface area contributed by atoms with Gasteiger partial charge in [0, 0.05) is 10.0 Å². The van der Waals surface area contributed by atoms with Gasteiger partial charge in [-0.25, -0.2) is 14.2 Å². The zero-order valence-corrected chi connectivity index (χ0v) is 19.9. The van der Waals surface area contributed by atoms with Crippen molar-refractivity contribution in [3.63, 3.8) is 0 Å². The molecule has 0 N–H and O–H groups in total. The lowest BCUT2D eigenvalue weighted by atomic mass is 10.1. The molecule has 0 amide bonds. The van der Waals surface area contributed by atoms with Crippen molar-refractivity contribution in [2.24, 2.45) is 4.99 Å². The number of methoxy groups -OCH3 is 1. The number of hydrogen-bond acceptors (Lipinski definition) is 5. The van der Waals surface area contributed by atoms with E-state index in [9.17, 15) is 9.18 Å². The van der Waals surface area contributed by atoms with E-state index in [0.717, 1.165) is 10.0 Å². The summed E-state index contributed by atoms with van der Waals surface area (Å²) in [5.74, 6) is -0.250. The molecule has 3 aromatic carbocycles. The van der Waals surface area contributed by atoms with Gasteiger partial charge in [0.1, 0.15) is 12.4 Å². The molecule has 5 nitrogen and oxygen atoms in total. The fourth-order valence-corrected chi connectivity index (χ4v) is 4.02. The number of nitrogens with zero attached hydrogens (tertiary/aromatic N) is 1. The number of benzene rings is 3. The van der Waals surface area contributed by atoms with E-state index in [1.165, 1.54) is 19.2 Å². The minimum atomic E-state index is -0.660. The van der Waals surface area contributed by atoms with Crippen molar-refractivity contribution in [3.8, 4) is 11.5 Å². The molecular formula is C24H16Br2FNO4. The third-order valence-corrected chi connectivity index (χ3v) is 5.97. The fraction of sp³-hybridized carbons (Fsp3) is 0.0833. The lowest BCUT2D eigenvalue weighted by Crippen LogP contribution is -2.07. The number of carbonyl (C=O) groups is 1. The monoisotopic (exact) mass is 559 g/mol. The quantitative estimate of drug-likeness (QED) is 0.263. The Bertz CT molecular complexity index is 1260. The van der Waals surface area contributed by atoms with Gasteiger partial charge in [0.25, 0.3) is 0 Å². The van der Waals surface area contributed by atoms with E-state index >= 15 is 0 Å². The summed E-state index contributed by atoms with van der Waals surface area (Å²) in [7, 11) is 1.53. The smallest absolute Gasteiger partial charge is 0.363 e. The summed E-state index contributed by atoms with van der Waals surface area (Å²) in [4.78, 5) is 16.4. The molecular weight excluding hydrogens is 545 g/mol. The van der Waals surface area contributed by atoms with Crippen LogP contribution in [0, 0.1) is 5.82 Å². The van der Waals surface area contributed by atoms with Gasteiger partial charge >= 0.3 is 5.97 Å². The highest BCUT2D eigenvalue weighted by molar-refractivity contribution is 9.10. The number of ether oxygens (including phenoxy) is 3. The van der Waals surface area contributed by atoms with Crippen molar-refractivity contribution in [2.45, 2.75) is 6.61 Å². The summed E-state index contributed by atoms with van der Waals surface area (Å²) in [5, 5.41) is 0. The molecule has 0 saturated heterocycles. The molecule has 1 heterocycles. The van der Waals surface area contributed by atoms with E-state index in [1.807, 2.05) is 24.3 Å². The Morgan fingerprint density at radius 2 is 1.81 bits per heavy atom. The third-order valence-electron chi connectivity index (χ3n) is 4.61. The van der Waals surface area contributed by atoms with Gasteiger partial charge in [0.05, 0.1) is 17.1 Å². The summed E-state index contributed by atoms with van der Waals surface area (Å²) in [6, 6.07) is 17.2. The van der Waals surface area contributed by atoms with E-state index < -0.39 is 11.8 Å². The van der Waals surface area contributed by atoms with Gasteiger partial charge in [0.2, 0.25) is 5.90 Å². The van der Waals surface area contributed by atoms with Crippen molar-refractivity contribution in [2.75, 3.05) is 7.11 Å². The third kappa shape index (κ3) is 4.76. The summed E-state index contributed by atoms with van der Waals surface area (Å²) in [5.41, 5.74) is 1.79. The van der Waals surface area contributed by atoms with Crippen molar-refractivity contribution in [1.82, 2.24) is 0 Å². The highest BCUT2D eigenvalue weighted by Gasteiger charge is 2.26. The molecule has 0 radical (unpaired) electrons. The Morgan fingerprint density at radius 3 is 2.56 bits per heavy atom. The number of cyclic esters (lactones) is 1. The maximum absolute atomic E-state index is 14.0. The number of aliphatic imine (C=N–C) groups is 1. The van der Waals surface area contributed by atoms with Crippen molar-refractivity contribution in [3.05, 3.63) is 97.8 Å². The standard InChI is InChI=1S/C24H16Br2FNO4/c1-30-21-12-14(10-18(26)22(21)31-13-15-6-2-4-8-17(15)25)11-20-24(29)32-23(28-20)16-7-3-5-9-19(16)27/h2-12H,13H2,1H3/b20-11-. The molecule has 8 heteroatoms. The number of halogens is 3. The normalized spacial score (nSPS) is 14.3. The van der Waals surface area contributed by atoms with Crippen LogP contribution in [0.4, 0.5) is 4.39 Å². The van der Waals surface area contributed by atoms with E-state index in [4.69, 9.17) is 14.2 Å². The van der Waals surface area contributed by atoms with Crippen LogP contribution in [-0.2, 0) is 16.1 Å². The molecule has 32 heavy (non-hydrogen) atoms. The van der Waals surface area contributed by atoms with E-state index in [2.05, 4.69) is 36.9 Å². The second kappa shape index (κ2) is 9.67. The largest absolute Gasteiger partial charge is 0.493 e. The second-order valence-electron chi connectivity index (χ2n) is 6.73. The number of rotatable bonds is 6. The van der Waals surface area contributed by atoms with Crippen molar-refractivity contribution >= 4 is 49.8 Å². The molecule has 3 aromatic rings. The Hall–Kier alpha value is -2.97. The van der Waals surface area contributed by atoms with Crippen molar-refractivity contribution in [1.29, 1.82) is 0 Å². The SMILES string of the molecule is COc1cc(/C=C2\N=C(c3ccccc3F)OC2=O)cc(Br)c1OCc1ccccc1Br. The van der Waals surface area contributed by atoms with Gasteiger partial charge in [-0.15, -0.1) is 0 Å². The molecule has 0 bridgehead atoms. The van der Waals surface area contributed by atoms with Crippen LogP contribution in [0.1, 0.15) is 16.7 Å². The Kier molecular flexibility index (Phi) is 6.72. The van der Waals surface area contributed by atoms with Crippen LogP contribution < -0.4 is 9.47 Å². The van der Waals surface area contributed by atoms with Gasteiger partial charge in [-0.3, -0.25) is 0 Å². The molecule has 4 rings (SSSR count). The molecule has 0 fully saturated rings. The highest BCUT2D eigenvalue weighted by atomic mass is 79.9. The van der Waals surface area contributed by atoms with Gasteiger partial charge in [-0.05, 0) is 57.9 Å². The number of hydrogen-bond donors (Lipinski definition) is 0. The molecule has 0 aromatic heterocycles. The van der Waals surface area contributed by atoms with Crippen LogP contribution in [0.3, 0.4) is 0 Å². The summed E-state index contributed by atoms with van der Waals surface area (Å²) in [6.45, 7) is 0.333. The molecule has 1 aliphatic heterocycles. The topological polar surface area (TPSA) is 57.1 Å². The predicted molar refractivity (Wildman–Crippen MR) is 126 cm³/mol. The molecule has 1 aliphatic rings. The summed E-state index contributed by atoms with van der Waals surface area (Å²) >= 11 is 7.01. The molecule has 0 spiro atoms. The molecule has 0 saturated carbocycles. The maximum atomic E-state index is 14.0. The second-order valence-corrected chi connectivity index (χ2v) is 8.44. The van der Waals surface area contributed by atoms with E-state index in [0.29, 0.717) is 28.1 Å². The Morgan fingerprint density at radius 1 is 1.06 bits per heavy atom. The lowest BCUT2D eigenvalue weighted by Gasteiger charge is -2.14. The molecule has 0 aliphatic carbocycles. The fourth-order valence-electron chi connectivity index (χ4n) is 3.05. The van der Waals surface area contributed by atoms with Gasteiger partial charge in [-0.1, -0.05) is 46.3 Å². The summed E-state index contributed by atoms with van der Waals surface area (Å²) in [6.07, 6.45) is 1.54. The maximum Gasteiger partial charge on any atom is 0.363 e. The predicted octanol–water partition coefficient (Wildman–Crippen LogP) is 6.28. The minimum absolute atomic E-state index is 0.0547. The van der Waals surface area contributed by atoms with Crippen molar-refractivity contribution < 1.29 is 23.4 Å². The van der Waals surface area contributed by atoms with E-state index in [-0.39, 0.29) is 17.2 Å². The first kappa shape index (κ1) is 22.2. The first-order valence-electron chi connectivity index (χ1n) is 9.47. The van der Waals surface area contributed by atoms with Gasteiger partial charge in [0.15, 0.2) is 17.2 Å². The Labute approximate surface area is 200 Å². The van der Waals surface area contributed by atoms with Crippen LogP contribution >= 0.6 is 31.9 Å². The highest BCUT2D eigenvalue weighted by Crippen LogP contribution is 2.38. The van der Waals surface area contributed by atoms with E-state index in [1.54, 1.807) is 30.3 Å². The van der Waals surface area contributed by atoms with Crippen LogP contribution in [0.2, 0.25) is 0 Å². The first-order chi connectivity index (χ1) is 15.5. The van der Waals surface area contributed by atoms with Crippen LogP contribution in [0.25, 0.3) is 6.08 Å². The number of esters is 1. The average Bonchev–Trinajstić information content (AvgIpc) is 3.14. The zero-order chi connectivity index (χ0) is 22.7. The summed E-state index contributed by atoms with van der Waals surface area (Å²) < 4.78 is 32.2. The lowest BCUT2D eigenvalue weighted by molar-refractivity contribution is -0.129. The number of carbonyl (C=O) groups excluding carboxylic acids is 1. The average molecular weight is 561 g/mol. The minimum Gasteiger partial charge on any atom is -0.493 e. The van der Waals surface area contributed by atoms with Crippen LogP contribution in [-0.4, -0.2) is 19.0 Å². The van der Waals surface area contributed by atoms with Gasteiger partial charge < -0.3 is 14.2 Å². The Balaban J connectivity index is 1.61. The van der Waals surface area contributed by atoms with Crippen LogP contribution in [0.5, 0.6) is 11.5 Å². The molecule has 0 unspecified atom stereocenters. The zero-order valence-electron chi connectivity index (χ0n) is 16.8. The van der Waals surface area contributed by atoms with Crippen LogP contribution in [0.15, 0.2) is 80.3 Å². The first-order valence-corrected chi connectivity index (χ1v) is 11.1. The van der Waals surface area contributed by atoms with Gasteiger partial charge in [-0.2, -0.15) is 0 Å².